The topological polar surface area (TPSA) is 46.4 Å². The van der Waals surface area contributed by atoms with Gasteiger partial charge in [-0.1, -0.05) is 36.3 Å². The van der Waals surface area contributed by atoms with E-state index in [9.17, 15) is 8.42 Å². The summed E-state index contributed by atoms with van der Waals surface area (Å²) >= 11 is 0. The van der Waals surface area contributed by atoms with Crippen LogP contribution >= 0.6 is 0 Å². The van der Waals surface area contributed by atoms with Crippen molar-refractivity contribution in [3.8, 4) is 18.1 Å². The van der Waals surface area contributed by atoms with Crippen molar-refractivity contribution in [2.24, 2.45) is 0 Å². The third kappa shape index (κ3) is 3.00. The SMILES string of the molecule is C#C[C@@H]1[C@H](Cc2ccccc2)N1S(=O)(=O)c1cc(C)c(OC)c(C)c1C. The molecule has 136 valence electrons. The molecule has 1 aliphatic rings. The molecular weight excluding hydrogens is 346 g/mol. The van der Waals surface area contributed by atoms with E-state index in [-0.39, 0.29) is 6.04 Å². The molecule has 0 amide bonds. The lowest BCUT2D eigenvalue weighted by Crippen LogP contribution is -2.18. The molecule has 0 N–H and O–H groups in total. The maximum absolute atomic E-state index is 13.3. The van der Waals surface area contributed by atoms with E-state index in [1.165, 1.54) is 4.31 Å². The van der Waals surface area contributed by atoms with Gasteiger partial charge in [-0.3, -0.25) is 0 Å². The van der Waals surface area contributed by atoms with Crippen molar-refractivity contribution in [2.45, 2.75) is 44.2 Å². The number of benzene rings is 2. The Morgan fingerprint density at radius 1 is 1.15 bits per heavy atom. The smallest absolute Gasteiger partial charge is 0.244 e. The molecule has 1 heterocycles. The highest BCUT2D eigenvalue weighted by Crippen LogP contribution is 2.40. The third-order valence-electron chi connectivity index (χ3n) is 5.07. The van der Waals surface area contributed by atoms with Crippen LogP contribution in [0.4, 0.5) is 0 Å². The standard InChI is InChI=1S/C21H23NO3S/c1-6-18-19(13-17-10-8-7-9-11-17)22(18)26(23,24)20-12-14(2)21(25-5)16(4)15(20)3/h1,7-12,18-19H,13H2,2-5H3/t18-,19+,22?/m1/s1. The zero-order valence-electron chi connectivity index (χ0n) is 15.5. The van der Waals surface area contributed by atoms with Crippen molar-refractivity contribution in [2.75, 3.05) is 7.11 Å². The lowest BCUT2D eigenvalue weighted by molar-refractivity contribution is 0.407. The summed E-state index contributed by atoms with van der Waals surface area (Å²) in [5.41, 5.74) is 3.42. The largest absolute Gasteiger partial charge is 0.496 e. The Hall–Kier alpha value is -2.29. The lowest BCUT2D eigenvalue weighted by Gasteiger charge is -2.16. The van der Waals surface area contributed by atoms with Crippen LogP contribution in [-0.2, 0) is 16.4 Å². The van der Waals surface area contributed by atoms with Gasteiger partial charge in [0.1, 0.15) is 11.8 Å². The van der Waals surface area contributed by atoms with E-state index in [1.54, 1.807) is 13.2 Å². The fourth-order valence-corrected chi connectivity index (χ4v) is 5.63. The summed E-state index contributed by atoms with van der Waals surface area (Å²) in [6.07, 6.45) is 6.22. The summed E-state index contributed by atoms with van der Waals surface area (Å²) in [4.78, 5) is 0.309. The Morgan fingerprint density at radius 2 is 1.81 bits per heavy atom. The summed E-state index contributed by atoms with van der Waals surface area (Å²) in [5.74, 6) is 3.35. The van der Waals surface area contributed by atoms with Crippen molar-refractivity contribution in [3.63, 3.8) is 0 Å². The minimum Gasteiger partial charge on any atom is -0.496 e. The Kier molecular flexibility index (Phi) is 4.83. The molecule has 3 atom stereocenters. The third-order valence-corrected chi connectivity index (χ3v) is 7.11. The number of ether oxygens (including phenoxy) is 1. The molecule has 3 rings (SSSR count). The summed E-state index contributed by atoms with van der Waals surface area (Å²) in [6, 6.07) is 10.9. The molecule has 1 saturated heterocycles. The summed E-state index contributed by atoms with van der Waals surface area (Å²) in [5, 5.41) is 0. The van der Waals surface area contributed by atoms with E-state index in [2.05, 4.69) is 5.92 Å². The Labute approximate surface area is 155 Å². The van der Waals surface area contributed by atoms with Gasteiger partial charge in [0.15, 0.2) is 0 Å². The molecule has 1 aliphatic heterocycles. The number of aryl methyl sites for hydroxylation is 1. The molecule has 2 aromatic carbocycles. The van der Waals surface area contributed by atoms with E-state index in [4.69, 9.17) is 11.2 Å². The average Bonchev–Trinajstić information content (AvgIpc) is 3.33. The zero-order chi connectivity index (χ0) is 19.1. The number of terminal acetylenes is 1. The molecule has 2 aromatic rings. The van der Waals surface area contributed by atoms with Gasteiger partial charge >= 0.3 is 0 Å². The van der Waals surface area contributed by atoms with Gasteiger partial charge in [0, 0.05) is 0 Å². The van der Waals surface area contributed by atoms with Gasteiger partial charge in [-0.25, -0.2) is 8.42 Å². The summed E-state index contributed by atoms with van der Waals surface area (Å²) in [6.45, 7) is 5.54. The number of hydrogen-bond acceptors (Lipinski definition) is 3. The second-order valence-electron chi connectivity index (χ2n) is 6.68. The highest BCUT2D eigenvalue weighted by Gasteiger charge is 2.54. The fraction of sp³-hybridized carbons (Fsp3) is 0.333. The molecule has 5 heteroatoms. The second kappa shape index (κ2) is 6.79. The molecular formula is C21H23NO3S. The lowest BCUT2D eigenvalue weighted by atomic mass is 10.1. The van der Waals surface area contributed by atoms with Crippen molar-refractivity contribution >= 4 is 10.0 Å². The van der Waals surface area contributed by atoms with Crippen LogP contribution in [0.25, 0.3) is 0 Å². The van der Waals surface area contributed by atoms with E-state index < -0.39 is 16.1 Å². The van der Waals surface area contributed by atoms with Crippen LogP contribution in [0.3, 0.4) is 0 Å². The van der Waals surface area contributed by atoms with Gasteiger partial charge in [-0.2, -0.15) is 4.31 Å². The fourth-order valence-electron chi connectivity index (χ4n) is 3.54. The Morgan fingerprint density at radius 3 is 2.38 bits per heavy atom. The Bertz CT molecular complexity index is 975. The zero-order valence-corrected chi connectivity index (χ0v) is 16.3. The van der Waals surface area contributed by atoms with Crippen LogP contribution in [0.15, 0.2) is 41.3 Å². The van der Waals surface area contributed by atoms with Gasteiger partial charge in [0.2, 0.25) is 10.0 Å². The molecule has 0 bridgehead atoms. The van der Waals surface area contributed by atoms with Crippen LogP contribution in [0.5, 0.6) is 5.75 Å². The summed E-state index contributed by atoms with van der Waals surface area (Å²) < 4.78 is 33.4. The highest BCUT2D eigenvalue weighted by molar-refractivity contribution is 7.89. The number of sulfonamides is 1. The van der Waals surface area contributed by atoms with Crippen molar-refractivity contribution < 1.29 is 13.2 Å². The maximum Gasteiger partial charge on any atom is 0.244 e. The van der Waals surface area contributed by atoms with Crippen LogP contribution in [0, 0.1) is 33.1 Å². The van der Waals surface area contributed by atoms with Gasteiger partial charge in [-0.15, -0.1) is 6.42 Å². The first kappa shape index (κ1) is 18.5. The average molecular weight is 369 g/mol. The van der Waals surface area contributed by atoms with E-state index >= 15 is 0 Å². The normalized spacial score (nSPS) is 21.9. The molecule has 0 saturated carbocycles. The van der Waals surface area contributed by atoms with Gasteiger partial charge in [-0.05, 0) is 55.5 Å². The van der Waals surface area contributed by atoms with Crippen LogP contribution in [0.1, 0.15) is 22.3 Å². The molecule has 0 aliphatic carbocycles. The first-order valence-electron chi connectivity index (χ1n) is 8.51. The summed E-state index contributed by atoms with van der Waals surface area (Å²) in [7, 11) is -2.07. The van der Waals surface area contributed by atoms with E-state index in [1.807, 2.05) is 51.1 Å². The first-order chi connectivity index (χ1) is 12.3. The maximum atomic E-state index is 13.3. The quantitative estimate of drug-likeness (QED) is 0.600. The number of methoxy groups -OCH3 is 1. The number of rotatable bonds is 5. The van der Waals surface area contributed by atoms with Crippen LogP contribution < -0.4 is 4.74 Å². The molecule has 26 heavy (non-hydrogen) atoms. The number of hydrogen-bond donors (Lipinski definition) is 0. The van der Waals surface area contributed by atoms with Gasteiger partial charge in [0.25, 0.3) is 0 Å². The number of nitrogens with zero attached hydrogens (tertiary/aromatic N) is 1. The van der Waals surface area contributed by atoms with Gasteiger partial charge in [0.05, 0.1) is 18.0 Å². The molecule has 0 radical (unpaired) electrons. The predicted octanol–water partition coefficient (Wildman–Crippen LogP) is 3.24. The van der Waals surface area contributed by atoms with E-state index in [0.29, 0.717) is 16.9 Å². The minimum atomic E-state index is -3.66. The first-order valence-corrected chi connectivity index (χ1v) is 9.95. The van der Waals surface area contributed by atoms with E-state index in [0.717, 1.165) is 22.4 Å². The minimum absolute atomic E-state index is 0.200. The molecule has 1 fully saturated rings. The molecule has 1 unspecified atom stereocenters. The highest BCUT2D eigenvalue weighted by atomic mass is 32.2. The molecule has 0 spiro atoms. The Balaban J connectivity index is 1.97. The monoisotopic (exact) mass is 369 g/mol. The van der Waals surface area contributed by atoms with Crippen LogP contribution in [-0.4, -0.2) is 31.9 Å². The van der Waals surface area contributed by atoms with Gasteiger partial charge < -0.3 is 4.74 Å². The molecule has 0 aromatic heterocycles. The molecule has 4 nitrogen and oxygen atoms in total. The van der Waals surface area contributed by atoms with Crippen molar-refractivity contribution in [1.29, 1.82) is 0 Å². The second-order valence-corrected chi connectivity index (χ2v) is 8.49. The van der Waals surface area contributed by atoms with Crippen LogP contribution in [0.2, 0.25) is 0 Å². The van der Waals surface area contributed by atoms with Crippen molar-refractivity contribution in [3.05, 3.63) is 58.7 Å². The van der Waals surface area contributed by atoms with Crippen molar-refractivity contribution in [1.82, 2.24) is 4.31 Å². The predicted molar refractivity (Wildman–Crippen MR) is 103 cm³/mol.